The number of hydrogen-bond acceptors (Lipinski definition) is 2. The number of hydrogen-bond donors (Lipinski definition) is 1. The van der Waals surface area contributed by atoms with Crippen LogP contribution in [-0.4, -0.2) is 34.2 Å². The Balaban J connectivity index is 2.19. The van der Waals surface area contributed by atoms with Gasteiger partial charge in [0.25, 0.3) is 0 Å². The second-order valence-electron chi connectivity index (χ2n) is 3.88. The number of rotatable bonds is 1. The third-order valence-electron chi connectivity index (χ3n) is 2.79. The van der Waals surface area contributed by atoms with E-state index in [0.717, 1.165) is 23.3 Å². The van der Waals surface area contributed by atoms with Crippen LogP contribution in [0.3, 0.4) is 0 Å². The molecule has 1 aromatic rings. The molecule has 1 aliphatic heterocycles. The third kappa shape index (κ3) is 2.05. The van der Waals surface area contributed by atoms with Crippen LogP contribution in [0, 0.1) is 6.92 Å². The Hall–Kier alpha value is -1.84. The number of carbonyl (C=O) groups is 1. The van der Waals surface area contributed by atoms with Crippen molar-refractivity contribution in [2.24, 2.45) is 0 Å². The molecule has 1 aliphatic rings. The molecule has 0 aliphatic carbocycles. The lowest BCUT2D eigenvalue weighted by molar-refractivity contribution is 0.150. The Morgan fingerprint density at radius 2 is 2.38 bits per heavy atom. The van der Waals surface area contributed by atoms with E-state index in [1.807, 2.05) is 25.1 Å². The smallest absolute Gasteiger partial charge is 0.407 e. The van der Waals surface area contributed by atoms with Gasteiger partial charge in [-0.15, -0.1) is 0 Å². The Kier molecular flexibility index (Phi) is 2.90. The van der Waals surface area contributed by atoms with Crippen molar-refractivity contribution in [3.8, 4) is 0 Å². The van der Waals surface area contributed by atoms with Crippen LogP contribution < -0.4 is 0 Å². The lowest BCUT2D eigenvalue weighted by atomic mass is 10.0. The fourth-order valence-electron chi connectivity index (χ4n) is 1.88. The highest BCUT2D eigenvalue weighted by molar-refractivity contribution is 5.70. The molecular weight excluding hydrogens is 204 g/mol. The molecule has 0 unspecified atom stereocenters. The minimum atomic E-state index is -0.854. The lowest BCUT2D eigenvalue weighted by Gasteiger charge is -2.23. The second kappa shape index (κ2) is 4.35. The first-order chi connectivity index (χ1) is 7.68. The van der Waals surface area contributed by atoms with E-state index >= 15 is 0 Å². The van der Waals surface area contributed by atoms with Gasteiger partial charge in [-0.25, -0.2) is 4.79 Å². The molecule has 0 aromatic carbocycles. The zero-order valence-corrected chi connectivity index (χ0v) is 9.18. The average Bonchev–Trinajstić information content (AvgIpc) is 2.30. The fourth-order valence-corrected chi connectivity index (χ4v) is 1.88. The van der Waals surface area contributed by atoms with E-state index < -0.39 is 6.09 Å². The molecule has 1 amide bonds. The highest BCUT2D eigenvalue weighted by atomic mass is 16.4. The van der Waals surface area contributed by atoms with Crippen LogP contribution in [0.15, 0.2) is 24.4 Å². The van der Waals surface area contributed by atoms with E-state index in [0.29, 0.717) is 13.1 Å². The van der Waals surface area contributed by atoms with Crippen LogP contribution in [0.2, 0.25) is 0 Å². The Morgan fingerprint density at radius 1 is 1.56 bits per heavy atom. The highest BCUT2D eigenvalue weighted by Gasteiger charge is 2.17. The number of pyridine rings is 1. The van der Waals surface area contributed by atoms with Gasteiger partial charge in [0.1, 0.15) is 0 Å². The van der Waals surface area contributed by atoms with Gasteiger partial charge in [0.15, 0.2) is 0 Å². The summed E-state index contributed by atoms with van der Waals surface area (Å²) in [5.74, 6) is 0. The Labute approximate surface area is 94.2 Å². The second-order valence-corrected chi connectivity index (χ2v) is 3.88. The van der Waals surface area contributed by atoms with Crippen molar-refractivity contribution in [3.05, 3.63) is 35.7 Å². The first-order valence-corrected chi connectivity index (χ1v) is 5.27. The zero-order valence-electron chi connectivity index (χ0n) is 9.18. The highest BCUT2D eigenvalue weighted by Crippen LogP contribution is 2.22. The maximum absolute atomic E-state index is 10.7. The summed E-state index contributed by atoms with van der Waals surface area (Å²) in [6.45, 7) is 3.03. The molecule has 0 spiro atoms. The van der Waals surface area contributed by atoms with Crippen molar-refractivity contribution in [1.29, 1.82) is 0 Å². The van der Waals surface area contributed by atoms with Gasteiger partial charge in [0.2, 0.25) is 0 Å². The average molecular weight is 218 g/mol. The number of aromatic nitrogens is 1. The fraction of sp³-hybridized carbons (Fsp3) is 0.333. The van der Waals surface area contributed by atoms with Crippen LogP contribution in [0.1, 0.15) is 17.7 Å². The normalized spacial score (nSPS) is 15.8. The molecule has 2 rings (SSSR count). The van der Waals surface area contributed by atoms with Crippen molar-refractivity contribution in [2.75, 3.05) is 13.1 Å². The largest absolute Gasteiger partial charge is 0.465 e. The molecule has 4 heteroatoms. The van der Waals surface area contributed by atoms with Crippen LogP contribution in [0.5, 0.6) is 0 Å². The van der Waals surface area contributed by atoms with Gasteiger partial charge in [0, 0.05) is 19.3 Å². The summed E-state index contributed by atoms with van der Waals surface area (Å²) >= 11 is 0. The molecule has 0 atom stereocenters. The van der Waals surface area contributed by atoms with E-state index in [-0.39, 0.29) is 0 Å². The maximum Gasteiger partial charge on any atom is 0.407 e. The van der Waals surface area contributed by atoms with Gasteiger partial charge in [-0.05, 0) is 30.5 Å². The molecule has 1 N–H and O–H groups in total. The summed E-state index contributed by atoms with van der Waals surface area (Å²) in [7, 11) is 0. The Bertz CT molecular complexity index is 440. The van der Waals surface area contributed by atoms with Crippen molar-refractivity contribution in [3.63, 3.8) is 0 Å². The van der Waals surface area contributed by atoms with E-state index in [9.17, 15) is 4.79 Å². The van der Waals surface area contributed by atoms with Gasteiger partial charge < -0.3 is 10.0 Å². The lowest BCUT2D eigenvalue weighted by Crippen LogP contribution is -2.33. The first kappa shape index (κ1) is 10.7. The number of amides is 1. The molecular formula is C12H14N2O2. The summed E-state index contributed by atoms with van der Waals surface area (Å²) in [6.07, 6.45) is 3.61. The van der Waals surface area contributed by atoms with Gasteiger partial charge in [0.05, 0.1) is 5.69 Å². The van der Waals surface area contributed by atoms with Crippen molar-refractivity contribution in [1.82, 2.24) is 9.88 Å². The third-order valence-corrected chi connectivity index (χ3v) is 2.79. The van der Waals surface area contributed by atoms with Crippen LogP contribution in [0.25, 0.3) is 5.57 Å². The molecule has 1 aromatic heterocycles. The molecule has 84 valence electrons. The SMILES string of the molecule is Cc1cccnc1C1=CCN(C(=O)O)CC1. The molecule has 2 heterocycles. The molecule has 0 saturated heterocycles. The summed E-state index contributed by atoms with van der Waals surface area (Å²) in [4.78, 5) is 16.5. The van der Waals surface area contributed by atoms with Crippen LogP contribution >= 0.6 is 0 Å². The topological polar surface area (TPSA) is 53.4 Å². The van der Waals surface area contributed by atoms with E-state index in [2.05, 4.69) is 4.98 Å². The number of carboxylic acid groups (broad SMARTS) is 1. The van der Waals surface area contributed by atoms with Crippen LogP contribution in [-0.2, 0) is 0 Å². The number of nitrogens with zero attached hydrogens (tertiary/aromatic N) is 2. The van der Waals surface area contributed by atoms with E-state index in [4.69, 9.17) is 5.11 Å². The minimum Gasteiger partial charge on any atom is -0.465 e. The molecule has 16 heavy (non-hydrogen) atoms. The summed E-state index contributed by atoms with van der Waals surface area (Å²) < 4.78 is 0. The predicted molar refractivity (Wildman–Crippen MR) is 61.2 cm³/mol. The van der Waals surface area contributed by atoms with Crippen molar-refractivity contribution >= 4 is 11.7 Å². The Morgan fingerprint density at radius 3 is 2.94 bits per heavy atom. The maximum atomic E-state index is 10.7. The summed E-state index contributed by atoms with van der Waals surface area (Å²) in [6, 6.07) is 3.93. The molecule has 0 fully saturated rings. The van der Waals surface area contributed by atoms with Crippen molar-refractivity contribution < 1.29 is 9.90 Å². The molecule has 0 bridgehead atoms. The molecule has 0 radical (unpaired) electrons. The molecule has 0 saturated carbocycles. The summed E-state index contributed by atoms with van der Waals surface area (Å²) in [5, 5.41) is 8.83. The van der Waals surface area contributed by atoms with Gasteiger partial charge in [-0.1, -0.05) is 12.1 Å². The van der Waals surface area contributed by atoms with Gasteiger partial charge >= 0.3 is 6.09 Å². The first-order valence-electron chi connectivity index (χ1n) is 5.27. The van der Waals surface area contributed by atoms with Crippen molar-refractivity contribution in [2.45, 2.75) is 13.3 Å². The zero-order chi connectivity index (χ0) is 11.5. The van der Waals surface area contributed by atoms with Crippen LogP contribution in [0.4, 0.5) is 4.79 Å². The van der Waals surface area contributed by atoms with Gasteiger partial charge in [-0.3, -0.25) is 4.98 Å². The predicted octanol–water partition coefficient (Wildman–Crippen LogP) is 2.16. The van der Waals surface area contributed by atoms with Gasteiger partial charge in [-0.2, -0.15) is 0 Å². The summed E-state index contributed by atoms with van der Waals surface area (Å²) in [5.41, 5.74) is 3.28. The number of aryl methyl sites for hydroxylation is 1. The minimum absolute atomic E-state index is 0.459. The monoisotopic (exact) mass is 218 g/mol. The quantitative estimate of drug-likeness (QED) is 0.785. The molecule has 4 nitrogen and oxygen atoms in total. The standard InChI is InChI=1S/C12H14N2O2/c1-9-3-2-6-13-11(9)10-4-7-14(8-5-10)12(15)16/h2-4,6H,5,7-8H2,1H3,(H,15,16). The van der Waals surface area contributed by atoms with E-state index in [1.54, 1.807) is 6.20 Å². The van der Waals surface area contributed by atoms with E-state index in [1.165, 1.54) is 4.90 Å².